The predicted octanol–water partition coefficient (Wildman–Crippen LogP) is 7.23. The normalized spacial score (nSPS) is 21.0. The summed E-state index contributed by atoms with van der Waals surface area (Å²) in [6.45, 7) is 0. The minimum atomic E-state index is -3.75. The zero-order valence-electron chi connectivity index (χ0n) is 18.3. The van der Waals surface area contributed by atoms with E-state index in [9.17, 15) is 8.42 Å². The summed E-state index contributed by atoms with van der Waals surface area (Å²) < 4.78 is 30.7. The van der Waals surface area contributed by atoms with Gasteiger partial charge < -0.3 is 5.32 Å². The van der Waals surface area contributed by atoms with Crippen LogP contribution >= 0.6 is 15.9 Å². The van der Waals surface area contributed by atoms with Crippen LogP contribution in [0.25, 0.3) is 10.8 Å². The van der Waals surface area contributed by atoms with Gasteiger partial charge in [0, 0.05) is 21.5 Å². The van der Waals surface area contributed by atoms with Crippen LogP contribution in [0, 0.1) is 5.92 Å². The van der Waals surface area contributed by atoms with Crippen molar-refractivity contribution in [3.8, 4) is 0 Å². The maximum Gasteiger partial charge on any atom is 0.261 e. The lowest BCUT2D eigenvalue weighted by Gasteiger charge is -2.37. The van der Waals surface area contributed by atoms with Crippen molar-refractivity contribution in [2.45, 2.75) is 23.3 Å². The highest BCUT2D eigenvalue weighted by Gasteiger charge is 2.38. The predicted molar refractivity (Wildman–Crippen MR) is 142 cm³/mol. The molecule has 6 heteroatoms. The summed E-state index contributed by atoms with van der Waals surface area (Å²) in [5, 5.41) is 5.56. The Morgan fingerprint density at radius 2 is 1.74 bits per heavy atom. The number of nitrogens with one attached hydrogen (secondary N) is 2. The van der Waals surface area contributed by atoms with Crippen molar-refractivity contribution in [3.63, 3.8) is 0 Å². The number of hydrogen-bond acceptors (Lipinski definition) is 3. The van der Waals surface area contributed by atoms with Gasteiger partial charge in [-0.25, -0.2) is 8.42 Å². The summed E-state index contributed by atoms with van der Waals surface area (Å²) in [5.41, 5.74) is 3.84. The van der Waals surface area contributed by atoms with Crippen molar-refractivity contribution in [1.29, 1.82) is 0 Å². The molecule has 0 amide bonds. The molecule has 1 aliphatic heterocycles. The zero-order chi connectivity index (χ0) is 23.3. The van der Waals surface area contributed by atoms with E-state index in [1.807, 2.05) is 54.6 Å². The first-order valence-electron chi connectivity index (χ1n) is 11.3. The van der Waals surface area contributed by atoms with Crippen LogP contribution in [0.1, 0.15) is 29.5 Å². The Balaban J connectivity index is 1.36. The van der Waals surface area contributed by atoms with Crippen LogP contribution < -0.4 is 10.0 Å². The number of rotatable bonds is 4. The molecular weight excluding hydrogens is 508 g/mol. The Morgan fingerprint density at radius 3 is 2.62 bits per heavy atom. The van der Waals surface area contributed by atoms with Crippen molar-refractivity contribution in [2.24, 2.45) is 5.92 Å². The standard InChI is InChI=1S/C28H23BrN2O2S/c29-20-9-3-8-19(16-20)28-24-12-5-11-23(24)25-17-21(14-15-26(25)30-28)34(32,33)31-27-13-4-7-18-6-1-2-10-22(18)27/h1-11,13-17,23-24,28,30-31H,12H2/t23-,24+,28+/m0/s1. The van der Waals surface area contributed by atoms with Crippen molar-refractivity contribution in [2.75, 3.05) is 10.0 Å². The Labute approximate surface area is 207 Å². The number of allylic oxidation sites excluding steroid dienone is 2. The van der Waals surface area contributed by atoms with E-state index in [-0.39, 0.29) is 16.9 Å². The van der Waals surface area contributed by atoms with E-state index in [1.165, 1.54) is 5.56 Å². The fourth-order valence-corrected chi connectivity index (χ4v) is 6.82. The van der Waals surface area contributed by atoms with Gasteiger partial charge in [-0.1, -0.05) is 76.6 Å². The molecule has 0 saturated carbocycles. The number of benzene rings is 4. The average molecular weight is 531 g/mol. The molecule has 0 spiro atoms. The number of hydrogen-bond donors (Lipinski definition) is 2. The van der Waals surface area contributed by atoms with Gasteiger partial charge in [-0.05, 0) is 65.3 Å². The molecule has 0 fully saturated rings. The Kier molecular flexibility index (Phi) is 5.23. The molecular formula is C28H23BrN2O2S. The highest BCUT2D eigenvalue weighted by atomic mass is 79.9. The molecule has 1 aliphatic carbocycles. The van der Waals surface area contributed by atoms with Gasteiger partial charge in [0.15, 0.2) is 0 Å². The third-order valence-electron chi connectivity index (χ3n) is 6.89. The molecule has 4 aromatic carbocycles. The summed E-state index contributed by atoms with van der Waals surface area (Å²) in [4.78, 5) is 0.279. The minimum absolute atomic E-state index is 0.168. The molecule has 0 aromatic heterocycles. The molecule has 2 aliphatic rings. The molecule has 0 unspecified atom stereocenters. The summed E-state index contributed by atoms with van der Waals surface area (Å²) in [7, 11) is -3.75. The second-order valence-corrected chi connectivity index (χ2v) is 11.5. The number of anilines is 2. The van der Waals surface area contributed by atoms with Gasteiger partial charge in [-0.2, -0.15) is 0 Å². The molecule has 0 radical (unpaired) electrons. The summed E-state index contributed by atoms with van der Waals surface area (Å²) in [6.07, 6.45) is 5.40. The smallest absolute Gasteiger partial charge is 0.261 e. The average Bonchev–Trinajstić information content (AvgIpc) is 3.34. The molecule has 170 valence electrons. The van der Waals surface area contributed by atoms with Gasteiger partial charge >= 0.3 is 0 Å². The van der Waals surface area contributed by atoms with Crippen LogP contribution in [-0.4, -0.2) is 8.42 Å². The van der Waals surface area contributed by atoms with Crippen molar-refractivity contribution in [3.05, 3.63) is 113 Å². The maximum absolute atomic E-state index is 13.4. The third kappa shape index (κ3) is 3.71. The van der Waals surface area contributed by atoms with E-state index in [4.69, 9.17) is 0 Å². The van der Waals surface area contributed by atoms with E-state index < -0.39 is 10.0 Å². The van der Waals surface area contributed by atoms with Crippen LogP contribution in [0.2, 0.25) is 0 Å². The first-order chi connectivity index (χ1) is 16.5. The summed E-state index contributed by atoms with van der Waals surface area (Å²) in [5.74, 6) is 0.513. The Hall–Kier alpha value is -3.09. The highest BCUT2D eigenvalue weighted by Crippen LogP contribution is 2.50. The first kappa shape index (κ1) is 21.4. The summed E-state index contributed by atoms with van der Waals surface area (Å²) in [6, 6.07) is 27.4. The van der Waals surface area contributed by atoms with E-state index >= 15 is 0 Å². The molecule has 34 heavy (non-hydrogen) atoms. The topological polar surface area (TPSA) is 58.2 Å². The molecule has 6 rings (SSSR count). The Morgan fingerprint density at radius 1 is 0.912 bits per heavy atom. The molecule has 0 saturated heterocycles. The lowest BCUT2D eigenvalue weighted by atomic mass is 9.77. The fourth-order valence-electron chi connectivity index (χ4n) is 5.29. The highest BCUT2D eigenvalue weighted by molar-refractivity contribution is 9.10. The van der Waals surface area contributed by atoms with Crippen LogP contribution in [0.3, 0.4) is 0 Å². The summed E-state index contributed by atoms with van der Waals surface area (Å²) >= 11 is 3.59. The van der Waals surface area contributed by atoms with Gasteiger partial charge in [0.1, 0.15) is 0 Å². The molecule has 4 nitrogen and oxygen atoms in total. The van der Waals surface area contributed by atoms with E-state index in [0.717, 1.165) is 32.9 Å². The van der Waals surface area contributed by atoms with Crippen molar-refractivity contribution < 1.29 is 8.42 Å². The fraction of sp³-hybridized carbons (Fsp3) is 0.143. The first-order valence-corrected chi connectivity index (χ1v) is 13.6. The lowest BCUT2D eigenvalue weighted by molar-refractivity contribution is 0.425. The van der Waals surface area contributed by atoms with Gasteiger partial charge in [-0.3, -0.25) is 4.72 Å². The molecule has 4 aromatic rings. The molecule has 2 N–H and O–H groups in total. The molecule has 1 heterocycles. The van der Waals surface area contributed by atoms with Gasteiger partial charge in [0.25, 0.3) is 10.0 Å². The minimum Gasteiger partial charge on any atom is -0.378 e. The van der Waals surface area contributed by atoms with E-state index in [0.29, 0.717) is 11.6 Å². The van der Waals surface area contributed by atoms with Crippen LogP contribution in [-0.2, 0) is 10.0 Å². The van der Waals surface area contributed by atoms with Crippen LogP contribution in [0.15, 0.2) is 106 Å². The zero-order valence-corrected chi connectivity index (χ0v) is 20.7. The number of sulfonamides is 1. The SMILES string of the molecule is O=S(=O)(Nc1cccc2ccccc12)c1ccc2c(c1)[C@H]1C=CC[C@H]1[C@@H](c1cccc(Br)c1)N2. The third-order valence-corrected chi connectivity index (χ3v) is 8.74. The van der Waals surface area contributed by atoms with E-state index in [1.54, 1.807) is 12.1 Å². The van der Waals surface area contributed by atoms with E-state index in [2.05, 4.69) is 56.3 Å². The maximum atomic E-state index is 13.4. The second-order valence-electron chi connectivity index (χ2n) is 8.91. The van der Waals surface area contributed by atoms with Gasteiger partial charge in [0.2, 0.25) is 0 Å². The van der Waals surface area contributed by atoms with Gasteiger partial charge in [0.05, 0.1) is 16.6 Å². The quantitative estimate of drug-likeness (QED) is 0.273. The Bertz CT molecular complexity index is 1540. The van der Waals surface area contributed by atoms with Gasteiger partial charge in [-0.15, -0.1) is 0 Å². The number of fused-ring (bicyclic) bond motifs is 4. The number of halogens is 1. The molecule has 0 bridgehead atoms. The van der Waals surface area contributed by atoms with Crippen LogP contribution in [0.4, 0.5) is 11.4 Å². The monoisotopic (exact) mass is 530 g/mol. The van der Waals surface area contributed by atoms with Crippen molar-refractivity contribution in [1.82, 2.24) is 0 Å². The second kappa shape index (κ2) is 8.29. The molecule has 3 atom stereocenters. The van der Waals surface area contributed by atoms with Crippen molar-refractivity contribution >= 4 is 48.1 Å². The lowest BCUT2D eigenvalue weighted by Crippen LogP contribution is -2.29. The largest absolute Gasteiger partial charge is 0.378 e. The van der Waals surface area contributed by atoms with Crippen LogP contribution in [0.5, 0.6) is 0 Å².